The number of rotatable bonds is 13. The van der Waals surface area contributed by atoms with Crippen molar-refractivity contribution in [1.29, 1.82) is 0 Å². The molecule has 1 unspecified atom stereocenters. The standard InChI is InChI=1S/C25H34N2O3S/c1-4-5-16-26-25(29)20(2)27(17-15-21-9-7-6-8-10-21)24(28)19-31-18-22-11-13-23(30-3)14-12-22/h6-14,20H,4-5,15-19H2,1-3H3,(H,26,29). The zero-order chi connectivity index (χ0) is 22.5. The fraction of sp³-hybridized carbons (Fsp3) is 0.440. The minimum atomic E-state index is -0.491. The second-order valence-electron chi connectivity index (χ2n) is 7.48. The molecule has 5 nitrogen and oxygen atoms in total. The predicted molar refractivity (Wildman–Crippen MR) is 128 cm³/mol. The smallest absolute Gasteiger partial charge is 0.242 e. The molecule has 0 heterocycles. The Morgan fingerprint density at radius 1 is 1.06 bits per heavy atom. The summed E-state index contributed by atoms with van der Waals surface area (Å²) in [6, 6.07) is 17.4. The number of ether oxygens (including phenoxy) is 1. The van der Waals surface area contributed by atoms with Gasteiger partial charge in [-0.05, 0) is 43.0 Å². The first-order valence-corrected chi connectivity index (χ1v) is 12.0. The third-order valence-corrected chi connectivity index (χ3v) is 6.12. The van der Waals surface area contributed by atoms with Crippen molar-refractivity contribution in [3.8, 4) is 5.75 Å². The molecule has 0 fully saturated rings. The summed E-state index contributed by atoms with van der Waals surface area (Å²) in [4.78, 5) is 27.4. The van der Waals surface area contributed by atoms with Crippen LogP contribution < -0.4 is 10.1 Å². The molecule has 2 amide bonds. The van der Waals surface area contributed by atoms with Gasteiger partial charge in [-0.1, -0.05) is 55.8 Å². The van der Waals surface area contributed by atoms with Crippen molar-refractivity contribution < 1.29 is 14.3 Å². The molecule has 0 radical (unpaired) electrons. The Hall–Kier alpha value is -2.47. The molecule has 0 bridgehead atoms. The van der Waals surface area contributed by atoms with Crippen molar-refractivity contribution in [2.75, 3.05) is 26.0 Å². The van der Waals surface area contributed by atoms with E-state index in [1.807, 2.05) is 61.5 Å². The lowest BCUT2D eigenvalue weighted by atomic mass is 10.1. The Labute approximate surface area is 190 Å². The van der Waals surface area contributed by atoms with Crippen molar-refractivity contribution in [2.45, 2.75) is 44.9 Å². The zero-order valence-corrected chi connectivity index (χ0v) is 19.6. The van der Waals surface area contributed by atoms with Gasteiger partial charge in [0, 0.05) is 18.8 Å². The van der Waals surface area contributed by atoms with Crippen molar-refractivity contribution in [1.82, 2.24) is 10.2 Å². The van der Waals surface area contributed by atoms with Crippen LogP contribution in [0.4, 0.5) is 0 Å². The van der Waals surface area contributed by atoms with Crippen LogP contribution in [0.1, 0.15) is 37.8 Å². The van der Waals surface area contributed by atoms with E-state index >= 15 is 0 Å². The lowest BCUT2D eigenvalue weighted by molar-refractivity contribution is -0.137. The highest BCUT2D eigenvalue weighted by Gasteiger charge is 2.25. The number of methoxy groups -OCH3 is 1. The lowest BCUT2D eigenvalue weighted by Gasteiger charge is -2.28. The summed E-state index contributed by atoms with van der Waals surface area (Å²) in [6.45, 7) is 5.07. The highest BCUT2D eigenvalue weighted by Crippen LogP contribution is 2.17. The van der Waals surface area contributed by atoms with Gasteiger partial charge in [0.2, 0.25) is 11.8 Å². The van der Waals surface area contributed by atoms with Crippen molar-refractivity contribution in [3.05, 3.63) is 65.7 Å². The number of unbranched alkanes of at least 4 members (excludes halogenated alkanes) is 1. The van der Waals surface area contributed by atoms with Gasteiger partial charge in [0.1, 0.15) is 11.8 Å². The number of nitrogens with one attached hydrogen (secondary N) is 1. The molecule has 31 heavy (non-hydrogen) atoms. The van der Waals surface area contributed by atoms with E-state index in [4.69, 9.17) is 4.74 Å². The Morgan fingerprint density at radius 2 is 1.77 bits per heavy atom. The number of nitrogens with zero attached hydrogens (tertiary/aromatic N) is 1. The number of carbonyl (C=O) groups excluding carboxylic acids is 2. The van der Waals surface area contributed by atoms with Gasteiger partial charge in [-0.3, -0.25) is 9.59 Å². The molecule has 2 aromatic carbocycles. The third-order valence-electron chi connectivity index (χ3n) is 5.13. The van der Waals surface area contributed by atoms with E-state index in [2.05, 4.69) is 12.2 Å². The van der Waals surface area contributed by atoms with Crippen LogP contribution >= 0.6 is 11.8 Å². The summed E-state index contributed by atoms with van der Waals surface area (Å²) in [5.74, 6) is 1.80. The predicted octanol–water partition coefficient (Wildman–Crippen LogP) is 4.30. The number of carbonyl (C=O) groups is 2. The molecular formula is C25H34N2O3S. The van der Waals surface area contributed by atoms with Gasteiger partial charge < -0.3 is 15.0 Å². The van der Waals surface area contributed by atoms with Crippen molar-refractivity contribution in [2.24, 2.45) is 0 Å². The first-order valence-electron chi connectivity index (χ1n) is 10.9. The fourth-order valence-electron chi connectivity index (χ4n) is 3.17. The lowest BCUT2D eigenvalue weighted by Crippen LogP contribution is -2.49. The normalized spacial score (nSPS) is 11.6. The summed E-state index contributed by atoms with van der Waals surface area (Å²) in [6.07, 6.45) is 2.68. The molecule has 0 saturated heterocycles. The van der Waals surface area contributed by atoms with Gasteiger partial charge in [-0.15, -0.1) is 11.8 Å². The maximum absolute atomic E-state index is 13.0. The van der Waals surface area contributed by atoms with E-state index in [0.717, 1.165) is 41.9 Å². The van der Waals surface area contributed by atoms with Gasteiger partial charge in [0.05, 0.1) is 12.9 Å². The quantitative estimate of drug-likeness (QED) is 0.470. The maximum Gasteiger partial charge on any atom is 0.242 e. The minimum Gasteiger partial charge on any atom is -0.497 e. The SMILES string of the molecule is CCCCNC(=O)C(C)N(CCc1ccccc1)C(=O)CSCc1ccc(OC)cc1. The van der Waals surface area contributed by atoms with Crippen molar-refractivity contribution >= 4 is 23.6 Å². The van der Waals surface area contributed by atoms with Gasteiger partial charge >= 0.3 is 0 Å². The van der Waals surface area contributed by atoms with Gasteiger partial charge in [-0.2, -0.15) is 0 Å². The van der Waals surface area contributed by atoms with E-state index in [9.17, 15) is 9.59 Å². The van der Waals surface area contributed by atoms with Crippen LogP contribution in [-0.4, -0.2) is 48.7 Å². The molecule has 0 aliphatic carbocycles. The Balaban J connectivity index is 1.95. The summed E-state index contributed by atoms with van der Waals surface area (Å²) in [5.41, 5.74) is 2.30. The Kier molecular flexibility index (Phi) is 11.0. The molecule has 1 N–H and O–H groups in total. The van der Waals surface area contributed by atoms with E-state index in [1.165, 1.54) is 0 Å². The average Bonchev–Trinajstić information content (AvgIpc) is 2.80. The molecule has 2 rings (SSSR count). The number of benzene rings is 2. The maximum atomic E-state index is 13.0. The van der Waals surface area contributed by atoms with Crippen LogP contribution in [0.15, 0.2) is 54.6 Å². The molecule has 0 aliphatic rings. The summed E-state index contributed by atoms with van der Waals surface area (Å²) < 4.78 is 5.19. The monoisotopic (exact) mass is 442 g/mol. The summed E-state index contributed by atoms with van der Waals surface area (Å²) in [7, 11) is 1.64. The van der Waals surface area contributed by atoms with E-state index in [0.29, 0.717) is 18.8 Å². The van der Waals surface area contributed by atoms with Gasteiger partial charge in [0.15, 0.2) is 0 Å². The molecule has 0 saturated carbocycles. The topological polar surface area (TPSA) is 58.6 Å². The molecule has 0 aliphatic heterocycles. The van der Waals surface area contributed by atoms with E-state index in [1.54, 1.807) is 23.8 Å². The van der Waals surface area contributed by atoms with Crippen LogP contribution in [0, 0.1) is 0 Å². The van der Waals surface area contributed by atoms with Gasteiger partial charge in [-0.25, -0.2) is 0 Å². The van der Waals surface area contributed by atoms with Crippen LogP contribution in [-0.2, 0) is 21.8 Å². The second-order valence-corrected chi connectivity index (χ2v) is 8.47. The summed E-state index contributed by atoms with van der Waals surface area (Å²) in [5, 5.41) is 2.96. The van der Waals surface area contributed by atoms with Gasteiger partial charge in [0.25, 0.3) is 0 Å². The minimum absolute atomic E-state index is 0.00687. The van der Waals surface area contributed by atoms with Crippen LogP contribution in [0.2, 0.25) is 0 Å². The first kappa shape index (κ1) is 24.8. The van der Waals surface area contributed by atoms with E-state index < -0.39 is 6.04 Å². The number of hydrogen-bond acceptors (Lipinski definition) is 4. The van der Waals surface area contributed by atoms with Crippen LogP contribution in [0.3, 0.4) is 0 Å². The number of hydrogen-bond donors (Lipinski definition) is 1. The molecule has 168 valence electrons. The highest BCUT2D eigenvalue weighted by molar-refractivity contribution is 7.99. The van der Waals surface area contributed by atoms with E-state index in [-0.39, 0.29) is 11.8 Å². The average molecular weight is 443 g/mol. The fourth-order valence-corrected chi connectivity index (χ4v) is 4.04. The van der Waals surface area contributed by atoms with Crippen molar-refractivity contribution in [3.63, 3.8) is 0 Å². The highest BCUT2D eigenvalue weighted by atomic mass is 32.2. The number of amides is 2. The largest absolute Gasteiger partial charge is 0.497 e. The number of thioether (sulfide) groups is 1. The molecule has 0 aromatic heterocycles. The Morgan fingerprint density at radius 3 is 2.42 bits per heavy atom. The first-order chi connectivity index (χ1) is 15.0. The molecule has 1 atom stereocenters. The molecule has 6 heteroatoms. The summed E-state index contributed by atoms with van der Waals surface area (Å²) >= 11 is 1.56. The zero-order valence-electron chi connectivity index (χ0n) is 18.8. The van der Waals surface area contributed by atoms with Crippen LogP contribution in [0.5, 0.6) is 5.75 Å². The molecular weight excluding hydrogens is 408 g/mol. The Bertz CT molecular complexity index is 796. The van der Waals surface area contributed by atoms with Crippen LogP contribution in [0.25, 0.3) is 0 Å². The molecule has 0 spiro atoms. The second kappa shape index (κ2) is 13.8. The third kappa shape index (κ3) is 8.66. The molecule has 2 aromatic rings.